The number of hydrogen-bond donors (Lipinski definition) is 4. The summed E-state index contributed by atoms with van der Waals surface area (Å²) in [7, 11) is 0.351. The number of ether oxygens (including phenoxy) is 1. The summed E-state index contributed by atoms with van der Waals surface area (Å²) in [5.41, 5.74) is 1.74. The zero-order valence-corrected chi connectivity index (χ0v) is 22.0. The Morgan fingerprint density at radius 3 is 2.21 bits per heavy atom. The lowest BCUT2D eigenvalue weighted by molar-refractivity contribution is -0.126. The predicted octanol–water partition coefficient (Wildman–Crippen LogP) is 4.52. The van der Waals surface area contributed by atoms with Crippen molar-refractivity contribution in [3.63, 3.8) is 0 Å². The first kappa shape index (κ1) is 29.3. The summed E-state index contributed by atoms with van der Waals surface area (Å²) in [6, 6.07) is 19.9. The molecule has 1 fully saturated rings. The second-order valence-corrected chi connectivity index (χ2v) is 8.57. The van der Waals surface area contributed by atoms with Crippen LogP contribution >= 0.6 is 0 Å². The summed E-state index contributed by atoms with van der Waals surface area (Å²) in [6.07, 6.45) is 3.52. The number of hydrogen-bond acceptors (Lipinski definition) is 7. The Balaban J connectivity index is 0.000000216. The van der Waals surface area contributed by atoms with Gasteiger partial charge in [0.05, 0.1) is 5.52 Å². The second kappa shape index (κ2) is 13.5. The lowest BCUT2D eigenvalue weighted by atomic mass is 9.80. The molecule has 0 bridgehead atoms. The number of nitrogens with one attached hydrogen (secondary N) is 2. The Morgan fingerprint density at radius 2 is 1.64 bits per heavy atom. The molecule has 0 radical (unpaired) electrons. The van der Waals surface area contributed by atoms with E-state index in [2.05, 4.69) is 15.6 Å². The van der Waals surface area contributed by atoms with Crippen LogP contribution in [0.1, 0.15) is 26.7 Å². The molecule has 0 spiro atoms. The van der Waals surface area contributed by atoms with E-state index in [0.29, 0.717) is 41.5 Å². The topological polar surface area (TPSA) is 121 Å². The number of amides is 1. The fourth-order valence-electron chi connectivity index (χ4n) is 3.53. The highest BCUT2D eigenvalue weighted by atomic mass is 19.1. The van der Waals surface area contributed by atoms with Gasteiger partial charge in [0.25, 0.3) is 0 Å². The maximum atomic E-state index is 12.6. The fraction of sp³-hybridized carbons (Fsp3) is 0.207. The average Bonchev–Trinajstić information content (AvgIpc) is 3.78. The van der Waals surface area contributed by atoms with Gasteiger partial charge in [0.1, 0.15) is 29.0 Å². The number of aromatic nitrogens is 1. The molecule has 1 amide bonds. The molecule has 202 valence electrons. The van der Waals surface area contributed by atoms with Crippen molar-refractivity contribution in [2.45, 2.75) is 26.7 Å². The third-order valence-corrected chi connectivity index (χ3v) is 5.96. The molecule has 4 aromatic rings. The summed E-state index contributed by atoms with van der Waals surface area (Å²) in [5.74, 6) is 0.729. The van der Waals surface area contributed by atoms with Gasteiger partial charge in [-0.3, -0.25) is 9.78 Å². The minimum Gasteiger partial charge on any atom is -0.457 e. The highest BCUT2D eigenvalue weighted by Crippen LogP contribution is 2.44. The Morgan fingerprint density at radius 1 is 1.00 bits per heavy atom. The standard InChI is InChI=1S/C16H15BN2O3.C11H10FNO2.C2H6/c1-18-12-3-5-13(6-4-12)22-16-8-9-19-15-10-11(17(20)21)2-7-14(15)16;12-8-1-3-9(4-2-8)13-10(15)11(7-14)5-6-11;1-2/h2-10,18,20-21H,1H3;1-4,7H,5-6H2,(H,13,15);1-2H3. The summed E-state index contributed by atoms with van der Waals surface area (Å²) in [6.45, 7) is 4.00. The third kappa shape index (κ3) is 7.62. The number of aldehydes is 1. The molecule has 1 aromatic heterocycles. The molecule has 4 N–H and O–H groups in total. The Labute approximate surface area is 227 Å². The van der Waals surface area contributed by atoms with Gasteiger partial charge >= 0.3 is 7.12 Å². The number of carbonyl (C=O) groups is 2. The van der Waals surface area contributed by atoms with Gasteiger partial charge in [-0.2, -0.15) is 0 Å². The number of halogens is 1. The molecule has 0 saturated heterocycles. The van der Waals surface area contributed by atoms with Crippen LogP contribution in [0.5, 0.6) is 11.5 Å². The van der Waals surface area contributed by atoms with Gasteiger partial charge in [-0.25, -0.2) is 4.39 Å². The molecule has 3 aromatic carbocycles. The lowest BCUT2D eigenvalue weighted by Gasteiger charge is -2.10. The van der Waals surface area contributed by atoms with Crippen LogP contribution in [-0.2, 0) is 9.59 Å². The summed E-state index contributed by atoms with van der Waals surface area (Å²) < 4.78 is 18.5. The zero-order valence-electron chi connectivity index (χ0n) is 22.0. The summed E-state index contributed by atoms with van der Waals surface area (Å²) >= 11 is 0. The van der Waals surface area contributed by atoms with E-state index in [9.17, 15) is 24.0 Å². The highest BCUT2D eigenvalue weighted by molar-refractivity contribution is 6.58. The number of benzene rings is 3. The van der Waals surface area contributed by atoms with Crippen molar-refractivity contribution in [2.24, 2.45) is 5.41 Å². The maximum Gasteiger partial charge on any atom is 0.488 e. The van der Waals surface area contributed by atoms with E-state index in [1.54, 1.807) is 30.5 Å². The maximum absolute atomic E-state index is 12.6. The van der Waals surface area contributed by atoms with Gasteiger partial charge in [-0.15, -0.1) is 0 Å². The minimum atomic E-state index is -1.51. The van der Waals surface area contributed by atoms with Crippen LogP contribution in [0.4, 0.5) is 15.8 Å². The van der Waals surface area contributed by atoms with E-state index >= 15 is 0 Å². The van der Waals surface area contributed by atoms with E-state index in [1.807, 2.05) is 45.2 Å². The average molecular weight is 531 g/mol. The third-order valence-electron chi connectivity index (χ3n) is 5.96. The van der Waals surface area contributed by atoms with Gasteiger partial charge in [0.2, 0.25) is 5.91 Å². The SMILES string of the molecule is CC.CNc1ccc(Oc2ccnc3cc(B(O)O)ccc23)cc1.O=CC1(C(=O)Nc2ccc(F)cc2)CC1. The van der Waals surface area contributed by atoms with E-state index in [1.165, 1.54) is 24.3 Å². The molecule has 1 aliphatic carbocycles. The van der Waals surface area contributed by atoms with E-state index in [4.69, 9.17) is 4.74 Å². The van der Waals surface area contributed by atoms with Gasteiger partial charge in [-0.1, -0.05) is 19.9 Å². The largest absolute Gasteiger partial charge is 0.488 e. The molecule has 0 unspecified atom stereocenters. The van der Waals surface area contributed by atoms with Gasteiger partial charge in [-0.05, 0) is 85.0 Å². The fourth-order valence-corrected chi connectivity index (χ4v) is 3.53. The molecular formula is C29H31BFN3O5. The summed E-state index contributed by atoms with van der Waals surface area (Å²) in [5, 5.41) is 24.9. The van der Waals surface area contributed by atoms with Crippen molar-refractivity contribution in [1.82, 2.24) is 4.98 Å². The van der Waals surface area contributed by atoms with Crippen LogP contribution in [0.15, 0.2) is 79.0 Å². The first-order valence-electron chi connectivity index (χ1n) is 12.6. The second-order valence-electron chi connectivity index (χ2n) is 8.57. The molecule has 0 aliphatic heterocycles. The van der Waals surface area contributed by atoms with Crippen LogP contribution in [0.2, 0.25) is 0 Å². The number of pyridine rings is 1. The Hall–Kier alpha value is -4.28. The number of rotatable bonds is 7. The molecule has 1 saturated carbocycles. The van der Waals surface area contributed by atoms with E-state index < -0.39 is 12.5 Å². The van der Waals surface area contributed by atoms with Crippen LogP contribution in [-0.4, -0.2) is 41.4 Å². The van der Waals surface area contributed by atoms with Gasteiger partial charge in [0.15, 0.2) is 0 Å². The number of anilines is 2. The number of fused-ring (bicyclic) bond motifs is 1. The number of carbonyl (C=O) groups excluding carboxylic acids is 2. The van der Waals surface area contributed by atoms with Gasteiger partial charge in [0, 0.05) is 30.0 Å². The van der Waals surface area contributed by atoms with Crippen molar-refractivity contribution < 1.29 is 28.8 Å². The first-order chi connectivity index (χ1) is 18.8. The van der Waals surface area contributed by atoms with Crippen LogP contribution in [0, 0.1) is 11.2 Å². The van der Waals surface area contributed by atoms with Crippen LogP contribution < -0.4 is 20.8 Å². The van der Waals surface area contributed by atoms with Crippen molar-refractivity contribution in [1.29, 1.82) is 0 Å². The van der Waals surface area contributed by atoms with Crippen molar-refractivity contribution >= 4 is 47.1 Å². The monoisotopic (exact) mass is 531 g/mol. The summed E-state index contributed by atoms with van der Waals surface area (Å²) in [4.78, 5) is 26.5. The molecular weight excluding hydrogens is 500 g/mol. The minimum absolute atomic E-state index is 0.302. The number of nitrogens with zero attached hydrogens (tertiary/aromatic N) is 1. The highest BCUT2D eigenvalue weighted by Gasteiger charge is 2.50. The molecule has 1 aliphatic rings. The van der Waals surface area contributed by atoms with Crippen molar-refractivity contribution in [3.05, 3.63) is 84.8 Å². The van der Waals surface area contributed by atoms with E-state index in [-0.39, 0.29) is 11.7 Å². The van der Waals surface area contributed by atoms with Gasteiger partial charge < -0.3 is 30.2 Å². The quantitative estimate of drug-likeness (QED) is 0.157. The smallest absolute Gasteiger partial charge is 0.457 e. The van der Waals surface area contributed by atoms with Crippen LogP contribution in [0.3, 0.4) is 0 Å². The lowest BCUT2D eigenvalue weighted by Crippen LogP contribution is -2.29. The Bertz CT molecular complexity index is 1390. The van der Waals surface area contributed by atoms with Crippen molar-refractivity contribution in [3.8, 4) is 11.5 Å². The van der Waals surface area contributed by atoms with E-state index in [0.717, 1.165) is 16.8 Å². The Kier molecular flexibility index (Phi) is 10.1. The molecule has 8 nitrogen and oxygen atoms in total. The molecule has 0 atom stereocenters. The predicted molar refractivity (Wildman–Crippen MR) is 152 cm³/mol. The van der Waals surface area contributed by atoms with Crippen molar-refractivity contribution in [2.75, 3.05) is 17.7 Å². The molecule has 10 heteroatoms. The normalized spacial score (nSPS) is 12.6. The first-order valence-corrected chi connectivity index (χ1v) is 12.6. The van der Waals surface area contributed by atoms with Crippen LogP contribution in [0.25, 0.3) is 10.9 Å². The zero-order chi connectivity index (χ0) is 28.4. The molecule has 39 heavy (non-hydrogen) atoms. The molecule has 5 rings (SSSR count). The molecule has 1 heterocycles.